The Bertz CT molecular complexity index is 982. The summed E-state index contributed by atoms with van der Waals surface area (Å²) in [5, 5.41) is 0. The van der Waals surface area contributed by atoms with Gasteiger partial charge in [-0.25, -0.2) is 0 Å². The lowest BCUT2D eigenvalue weighted by molar-refractivity contribution is 0.360. The molecule has 0 saturated heterocycles. The van der Waals surface area contributed by atoms with Crippen molar-refractivity contribution in [1.82, 2.24) is 0 Å². The number of ether oxygens (including phenoxy) is 1. The molecule has 0 heterocycles. The van der Waals surface area contributed by atoms with Crippen LogP contribution in [-0.2, 0) is 27.5 Å². The third-order valence-corrected chi connectivity index (χ3v) is 8.28. The van der Waals surface area contributed by atoms with Crippen LogP contribution in [0.25, 0.3) is 0 Å². The maximum Gasteiger partial charge on any atom is 0.346 e. The minimum atomic E-state index is -4.96. The van der Waals surface area contributed by atoms with E-state index in [9.17, 15) is 22.8 Å². The summed E-state index contributed by atoms with van der Waals surface area (Å²) < 4.78 is 49.0. The quantitative estimate of drug-likeness (QED) is 0.329. The van der Waals surface area contributed by atoms with E-state index >= 15 is 0 Å². The number of hydrogen-bond acceptors (Lipinski definition) is 4. The first-order chi connectivity index (χ1) is 14.0. The van der Waals surface area contributed by atoms with Crippen molar-refractivity contribution in [1.29, 1.82) is 0 Å². The third kappa shape index (κ3) is 7.85. The summed E-state index contributed by atoms with van der Waals surface area (Å²) in [5.41, 5.74) is 1.96. The molecule has 1 atom stereocenters. The molecule has 2 aromatic rings. The number of benzene rings is 2. The molecule has 0 radical (unpaired) electrons. The minimum Gasteiger partial charge on any atom is -0.457 e. The van der Waals surface area contributed by atoms with Crippen molar-refractivity contribution in [2.75, 3.05) is 0 Å². The van der Waals surface area contributed by atoms with Crippen molar-refractivity contribution in [3.63, 3.8) is 0 Å². The van der Waals surface area contributed by atoms with Gasteiger partial charge in [0.1, 0.15) is 11.5 Å². The summed E-state index contributed by atoms with van der Waals surface area (Å²) in [7, 11) is -9.79. The molecule has 2 aromatic carbocycles. The first-order valence-corrected chi connectivity index (χ1v) is 13.0. The van der Waals surface area contributed by atoms with Crippen LogP contribution in [0.1, 0.15) is 44.2 Å². The molecular formula is C21H29O7PS. The number of aryl methyl sites for hydroxylation is 2. The molecule has 0 aromatic heterocycles. The summed E-state index contributed by atoms with van der Waals surface area (Å²) in [5.74, 6) is 2.00. The summed E-state index contributed by atoms with van der Waals surface area (Å²) in [6.45, 7) is 4.35. The Hall–Kier alpha value is -1.70. The molecule has 3 N–H and O–H groups in total. The average molecular weight is 456 g/mol. The predicted molar refractivity (Wildman–Crippen MR) is 116 cm³/mol. The van der Waals surface area contributed by atoms with Crippen LogP contribution in [0.3, 0.4) is 0 Å². The van der Waals surface area contributed by atoms with E-state index in [1.54, 1.807) is 0 Å². The Kier molecular flexibility index (Phi) is 8.64. The molecule has 0 amide bonds. The lowest BCUT2D eigenvalue weighted by atomic mass is 10.0. The molecule has 0 aliphatic heterocycles. The van der Waals surface area contributed by atoms with Gasteiger partial charge in [-0.2, -0.15) is 8.42 Å². The van der Waals surface area contributed by atoms with E-state index in [-0.39, 0.29) is 12.8 Å². The van der Waals surface area contributed by atoms with Crippen molar-refractivity contribution in [2.24, 2.45) is 5.92 Å². The maximum atomic E-state index is 11.3. The standard InChI is InChI=1S/C21H29O7PS/c1-16(2)13-14-18-9-3-4-11-20(18)28-19-10-5-7-17(15-19)8-6-12-21(29(22,23)24)30(25,26)27/h3-5,7,9-11,15-16,21H,6,8,12-14H2,1-2H3,(H2,22,23,24)(H,25,26,27). The fraction of sp³-hybridized carbons (Fsp3) is 0.429. The van der Waals surface area contributed by atoms with Crippen LogP contribution in [0.4, 0.5) is 0 Å². The van der Waals surface area contributed by atoms with Gasteiger partial charge in [-0.05, 0) is 67.3 Å². The normalized spacial score (nSPS) is 13.4. The Labute approximate surface area is 178 Å². The van der Waals surface area contributed by atoms with E-state index in [0.29, 0.717) is 18.1 Å². The van der Waals surface area contributed by atoms with Gasteiger partial charge >= 0.3 is 7.60 Å². The SMILES string of the molecule is CC(C)CCc1ccccc1Oc1cccc(CCCC(P(=O)(O)O)S(=O)(=O)O)c1. The van der Waals surface area contributed by atoms with Gasteiger partial charge in [0.15, 0.2) is 4.99 Å². The summed E-state index contributed by atoms with van der Waals surface area (Å²) in [6, 6.07) is 15.1. The third-order valence-electron chi connectivity index (χ3n) is 4.73. The van der Waals surface area contributed by atoms with Crippen LogP contribution in [0.15, 0.2) is 48.5 Å². The monoisotopic (exact) mass is 456 g/mol. The summed E-state index contributed by atoms with van der Waals surface area (Å²) in [4.78, 5) is 16.2. The van der Waals surface area contributed by atoms with Gasteiger partial charge in [-0.1, -0.05) is 44.2 Å². The molecule has 1 unspecified atom stereocenters. The van der Waals surface area contributed by atoms with E-state index in [1.165, 1.54) is 0 Å². The van der Waals surface area contributed by atoms with Gasteiger partial charge in [0.2, 0.25) is 0 Å². The lowest BCUT2D eigenvalue weighted by Gasteiger charge is -2.15. The van der Waals surface area contributed by atoms with Crippen LogP contribution in [0, 0.1) is 5.92 Å². The maximum absolute atomic E-state index is 11.3. The first-order valence-electron chi connectivity index (χ1n) is 9.83. The van der Waals surface area contributed by atoms with Gasteiger partial charge in [0, 0.05) is 0 Å². The fourth-order valence-corrected chi connectivity index (χ4v) is 5.49. The molecule has 7 nitrogen and oxygen atoms in total. The second-order valence-electron chi connectivity index (χ2n) is 7.74. The molecule has 0 bridgehead atoms. The molecule has 0 saturated carbocycles. The molecule has 0 aliphatic rings. The van der Waals surface area contributed by atoms with E-state index < -0.39 is 22.7 Å². The van der Waals surface area contributed by atoms with Crippen LogP contribution < -0.4 is 4.74 Å². The van der Waals surface area contributed by atoms with Crippen molar-refractivity contribution in [2.45, 2.75) is 50.9 Å². The Balaban J connectivity index is 2.05. The van der Waals surface area contributed by atoms with Gasteiger partial charge in [-0.3, -0.25) is 9.12 Å². The van der Waals surface area contributed by atoms with Crippen molar-refractivity contribution >= 4 is 17.7 Å². The van der Waals surface area contributed by atoms with Crippen molar-refractivity contribution in [3.8, 4) is 11.5 Å². The molecular weight excluding hydrogens is 427 g/mol. The molecule has 0 spiro atoms. The zero-order valence-corrected chi connectivity index (χ0v) is 18.9. The molecule has 30 heavy (non-hydrogen) atoms. The molecule has 0 aliphatic carbocycles. The minimum absolute atomic E-state index is 0.185. The van der Waals surface area contributed by atoms with Gasteiger partial charge < -0.3 is 14.5 Å². The topological polar surface area (TPSA) is 121 Å². The van der Waals surface area contributed by atoms with Gasteiger partial charge in [0.05, 0.1) is 0 Å². The van der Waals surface area contributed by atoms with Crippen molar-refractivity contribution < 1.29 is 32.1 Å². The molecule has 0 fully saturated rings. The van der Waals surface area contributed by atoms with Crippen molar-refractivity contribution in [3.05, 3.63) is 59.7 Å². The Morgan fingerprint density at radius 3 is 2.33 bits per heavy atom. The van der Waals surface area contributed by atoms with Gasteiger partial charge in [0.25, 0.3) is 10.1 Å². The summed E-state index contributed by atoms with van der Waals surface area (Å²) in [6.07, 6.45) is 2.19. The highest BCUT2D eigenvalue weighted by atomic mass is 32.2. The largest absolute Gasteiger partial charge is 0.457 e. The Morgan fingerprint density at radius 2 is 1.70 bits per heavy atom. The number of hydrogen-bond donors (Lipinski definition) is 3. The second kappa shape index (κ2) is 10.6. The average Bonchev–Trinajstić information content (AvgIpc) is 2.63. The zero-order valence-electron chi connectivity index (χ0n) is 17.1. The smallest absolute Gasteiger partial charge is 0.346 e. The van der Waals surface area contributed by atoms with Crippen LogP contribution in [0.5, 0.6) is 11.5 Å². The highest BCUT2D eigenvalue weighted by Gasteiger charge is 2.38. The molecule has 9 heteroatoms. The van der Waals surface area contributed by atoms with E-state index in [4.69, 9.17) is 9.29 Å². The predicted octanol–water partition coefficient (Wildman–Crippen LogP) is 4.78. The number of rotatable bonds is 11. The molecule has 2 rings (SSSR count). The molecule has 166 valence electrons. The Morgan fingerprint density at radius 1 is 1.00 bits per heavy atom. The van der Waals surface area contributed by atoms with E-state index in [1.807, 2.05) is 48.5 Å². The fourth-order valence-electron chi connectivity index (χ4n) is 3.12. The van der Waals surface area contributed by atoms with Crippen LogP contribution >= 0.6 is 7.60 Å². The highest BCUT2D eigenvalue weighted by molar-refractivity contribution is 7.93. The second-order valence-corrected chi connectivity index (χ2v) is 11.5. The number of para-hydroxylation sites is 1. The zero-order chi connectivity index (χ0) is 22.4. The first kappa shape index (κ1) is 24.6. The lowest BCUT2D eigenvalue weighted by Crippen LogP contribution is -2.20. The van der Waals surface area contributed by atoms with Gasteiger partial charge in [-0.15, -0.1) is 0 Å². The van der Waals surface area contributed by atoms with Crippen LogP contribution in [-0.4, -0.2) is 27.7 Å². The summed E-state index contributed by atoms with van der Waals surface area (Å²) >= 11 is 0. The van der Waals surface area contributed by atoms with E-state index in [2.05, 4.69) is 13.8 Å². The highest BCUT2D eigenvalue weighted by Crippen LogP contribution is 2.46. The van der Waals surface area contributed by atoms with E-state index in [0.717, 1.165) is 29.7 Å². The van der Waals surface area contributed by atoms with Crippen LogP contribution in [0.2, 0.25) is 0 Å².